The zero-order chi connectivity index (χ0) is 14.5. The molecular weight excluding hydrogens is 288 g/mol. The van der Waals surface area contributed by atoms with Crippen LogP contribution in [0.5, 0.6) is 0 Å². The van der Waals surface area contributed by atoms with E-state index >= 15 is 0 Å². The predicted molar refractivity (Wildman–Crippen MR) is 79.9 cm³/mol. The topological polar surface area (TPSA) is 80.1 Å². The van der Waals surface area contributed by atoms with Gasteiger partial charge in [-0.2, -0.15) is 4.98 Å². The number of hydrogen-bond acceptors (Lipinski definition) is 5. The second-order valence-corrected chi connectivity index (χ2v) is 6.10. The highest BCUT2D eigenvalue weighted by atomic mass is 32.1. The molecule has 1 aliphatic rings. The van der Waals surface area contributed by atoms with E-state index in [4.69, 9.17) is 4.52 Å². The van der Waals surface area contributed by atoms with E-state index in [0.717, 1.165) is 17.7 Å². The van der Waals surface area contributed by atoms with Crippen molar-refractivity contribution in [3.8, 4) is 10.8 Å². The Labute approximate surface area is 126 Å². The molecule has 0 bridgehead atoms. The normalized spacial score (nSPS) is 15.8. The van der Waals surface area contributed by atoms with Crippen LogP contribution in [-0.4, -0.2) is 22.2 Å². The minimum atomic E-state index is -0.163. The van der Waals surface area contributed by atoms with E-state index in [1.54, 1.807) is 11.3 Å². The molecule has 2 aromatic heterocycles. The lowest BCUT2D eigenvalue weighted by Gasteiger charge is -2.22. The average molecular weight is 306 g/mol. The molecule has 0 saturated heterocycles. The van der Waals surface area contributed by atoms with Crippen molar-refractivity contribution in [1.82, 2.24) is 20.8 Å². The molecule has 112 valence electrons. The van der Waals surface area contributed by atoms with Crippen molar-refractivity contribution in [2.45, 2.75) is 44.7 Å². The summed E-state index contributed by atoms with van der Waals surface area (Å²) in [6.07, 6.45) is 5.80. The minimum Gasteiger partial charge on any atom is -0.335 e. The van der Waals surface area contributed by atoms with E-state index in [2.05, 4.69) is 20.8 Å². The van der Waals surface area contributed by atoms with Gasteiger partial charge in [0.05, 0.1) is 11.4 Å². The molecule has 1 fully saturated rings. The van der Waals surface area contributed by atoms with Crippen LogP contribution in [0, 0.1) is 0 Å². The number of carbonyl (C=O) groups is 1. The van der Waals surface area contributed by atoms with E-state index < -0.39 is 0 Å². The standard InChI is InChI=1S/C14H18N4O2S/c19-14(16-10-5-2-1-3-6-10)15-9-12-17-13(20-18-12)11-7-4-8-21-11/h4,7-8,10H,1-3,5-6,9H2,(H2,15,16,19). The average Bonchev–Trinajstić information content (AvgIpc) is 3.17. The summed E-state index contributed by atoms with van der Waals surface area (Å²) >= 11 is 1.54. The first-order valence-electron chi connectivity index (χ1n) is 7.22. The Morgan fingerprint density at radius 1 is 1.38 bits per heavy atom. The van der Waals surface area contributed by atoms with E-state index in [-0.39, 0.29) is 12.6 Å². The quantitative estimate of drug-likeness (QED) is 0.910. The van der Waals surface area contributed by atoms with Crippen LogP contribution in [-0.2, 0) is 6.54 Å². The molecule has 0 spiro atoms. The fourth-order valence-electron chi connectivity index (χ4n) is 2.47. The van der Waals surface area contributed by atoms with Gasteiger partial charge in [-0.3, -0.25) is 0 Å². The molecule has 0 atom stereocenters. The van der Waals surface area contributed by atoms with E-state index in [1.807, 2.05) is 17.5 Å². The minimum absolute atomic E-state index is 0.163. The first kappa shape index (κ1) is 14.1. The molecule has 1 saturated carbocycles. The van der Waals surface area contributed by atoms with Crippen molar-refractivity contribution in [2.75, 3.05) is 0 Å². The van der Waals surface area contributed by atoms with E-state index in [0.29, 0.717) is 17.8 Å². The molecule has 2 heterocycles. The predicted octanol–water partition coefficient (Wildman–Crippen LogP) is 2.93. The molecule has 3 rings (SSSR count). The van der Waals surface area contributed by atoms with E-state index in [9.17, 15) is 4.79 Å². The van der Waals surface area contributed by atoms with Crippen molar-refractivity contribution >= 4 is 17.4 Å². The number of thiophene rings is 1. The number of aromatic nitrogens is 2. The number of amides is 2. The van der Waals surface area contributed by atoms with Crippen LogP contribution >= 0.6 is 11.3 Å². The van der Waals surface area contributed by atoms with Gasteiger partial charge in [0.15, 0.2) is 5.82 Å². The van der Waals surface area contributed by atoms with Crippen LogP contribution in [0.2, 0.25) is 0 Å². The van der Waals surface area contributed by atoms with Gasteiger partial charge < -0.3 is 15.2 Å². The summed E-state index contributed by atoms with van der Waals surface area (Å²) in [4.78, 5) is 17.0. The SMILES string of the molecule is O=C(NCc1noc(-c2cccs2)n1)NC1CCCCC1. The van der Waals surface area contributed by atoms with Gasteiger partial charge in [0.2, 0.25) is 0 Å². The maximum absolute atomic E-state index is 11.8. The molecule has 6 nitrogen and oxygen atoms in total. The van der Waals surface area contributed by atoms with Gasteiger partial charge in [0.1, 0.15) is 0 Å². The van der Waals surface area contributed by atoms with Gasteiger partial charge in [-0.05, 0) is 24.3 Å². The summed E-state index contributed by atoms with van der Waals surface area (Å²) in [5.41, 5.74) is 0. The lowest BCUT2D eigenvalue weighted by molar-refractivity contribution is 0.232. The van der Waals surface area contributed by atoms with Crippen molar-refractivity contribution in [1.29, 1.82) is 0 Å². The first-order chi connectivity index (χ1) is 10.3. The van der Waals surface area contributed by atoms with Crippen LogP contribution in [0.4, 0.5) is 4.79 Å². The van der Waals surface area contributed by atoms with Crippen molar-refractivity contribution in [3.05, 3.63) is 23.3 Å². The fraction of sp³-hybridized carbons (Fsp3) is 0.500. The number of carbonyl (C=O) groups excluding carboxylic acids is 1. The number of nitrogens with one attached hydrogen (secondary N) is 2. The Morgan fingerprint density at radius 3 is 3.00 bits per heavy atom. The second kappa shape index (κ2) is 6.71. The molecule has 2 N–H and O–H groups in total. The second-order valence-electron chi connectivity index (χ2n) is 5.16. The molecule has 0 aromatic carbocycles. The zero-order valence-electron chi connectivity index (χ0n) is 11.7. The van der Waals surface area contributed by atoms with Gasteiger partial charge in [0, 0.05) is 6.04 Å². The van der Waals surface area contributed by atoms with Crippen molar-refractivity contribution < 1.29 is 9.32 Å². The summed E-state index contributed by atoms with van der Waals surface area (Å²) in [5.74, 6) is 0.978. The number of hydrogen-bond donors (Lipinski definition) is 2. The molecule has 7 heteroatoms. The monoisotopic (exact) mass is 306 g/mol. The van der Waals surface area contributed by atoms with Gasteiger partial charge in [-0.1, -0.05) is 30.5 Å². The Balaban J connectivity index is 1.47. The lowest BCUT2D eigenvalue weighted by atomic mass is 9.96. The first-order valence-corrected chi connectivity index (χ1v) is 8.10. The lowest BCUT2D eigenvalue weighted by Crippen LogP contribution is -2.42. The van der Waals surface area contributed by atoms with Gasteiger partial charge >= 0.3 is 6.03 Å². The Morgan fingerprint density at radius 2 is 2.24 bits per heavy atom. The van der Waals surface area contributed by atoms with Gasteiger partial charge in [-0.25, -0.2) is 4.79 Å². The third kappa shape index (κ3) is 3.81. The molecule has 0 aliphatic heterocycles. The summed E-state index contributed by atoms with van der Waals surface area (Å²) in [6.45, 7) is 0.271. The third-order valence-corrected chi connectivity index (χ3v) is 4.41. The highest BCUT2D eigenvalue weighted by Gasteiger charge is 2.16. The molecular formula is C14H18N4O2S. The van der Waals surface area contributed by atoms with Crippen LogP contribution in [0.1, 0.15) is 37.9 Å². The third-order valence-electron chi connectivity index (χ3n) is 3.55. The Kier molecular flexibility index (Phi) is 4.49. The van der Waals surface area contributed by atoms with Crippen LogP contribution in [0.25, 0.3) is 10.8 Å². The van der Waals surface area contributed by atoms with Crippen LogP contribution in [0.3, 0.4) is 0 Å². The number of rotatable bonds is 4. The molecule has 0 unspecified atom stereocenters. The number of nitrogens with zero attached hydrogens (tertiary/aromatic N) is 2. The van der Waals surface area contributed by atoms with Crippen LogP contribution in [0.15, 0.2) is 22.0 Å². The molecule has 21 heavy (non-hydrogen) atoms. The van der Waals surface area contributed by atoms with Crippen molar-refractivity contribution in [3.63, 3.8) is 0 Å². The maximum atomic E-state index is 11.8. The molecule has 2 amide bonds. The summed E-state index contributed by atoms with van der Waals surface area (Å²) in [6, 6.07) is 3.99. The summed E-state index contributed by atoms with van der Waals surface area (Å²) in [7, 11) is 0. The van der Waals surface area contributed by atoms with Crippen molar-refractivity contribution in [2.24, 2.45) is 0 Å². The number of urea groups is 1. The van der Waals surface area contributed by atoms with Crippen LogP contribution < -0.4 is 10.6 Å². The van der Waals surface area contributed by atoms with E-state index in [1.165, 1.54) is 19.3 Å². The smallest absolute Gasteiger partial charge is 0.315 e. The zero-order valence-corrected chi connectivity index (χ0v) is 12.5. The largest absolute Gasteiger partial charge is 0.335 e. The maximum Gasteiger partial charge on any atom is 0.315 e. The molecule has 2 aromatic rings. The molecule has 0 radical (unpaired) electrons. The Bertz CT molecular complexity index is 576. The summed E-state index contributed by atoms with van der Waals surface area (Å²) < 4.78 is 5.17. The van der Waals surface area contributed by atoms with Gasteiger partial charge in [0.25, 0.3) is 5.89 Å². The summed E-state index contributed by atoms with van der Waals surface area (Å²) in [5, 5.41) is 11.6. The fourth-order valence-corrected chi connectivity index (χ4v) is 3.11. The van der Waals surface area contributed by atoms with Gasteiger partial charge in [-0.15, -0.1) is 11.3 Å². The molecule has 1 aliphatic carbocycles. The Hall–Kier alpha value is -1.89. The highest BCUT2D eigenvalue weighted by Crippen LogP contribution is 2.22. The highest BCUT2D eigenvalue weighted by molar-refractivity contribution is 7.13.